The van der Waals surface area contributed by atoms with E-state index in [2.05, 4.69) is 60.4 Å². The molecule has 14 aromatic heterocycles. The molecule has 29 heteroatoms. The van der Waals surface area contributed by atoms with Crippen molar-refractivity contribution in [2.24, 2.45) is 0 Å². The fraction of sp³-hybridized carbons (Fsp3) is 0.283. The third-order valence-corrected chi connectivity index (χ3v) is 20.3. The number of carbonyl (C=O) groups is 4. The van der Waals surface area contributed by atoms with Crippen molar-refractivity contribution in [3.63, 3.8) is 0 Å². The average Bonchev–Trinajstić information content (AvgIpc) is 1.72. The average molecular weight is 1740 g/mol. The van der Waals surface area contributed by atoms with Crippen LogP contribution in [0.15, 0.2) is 217 Å². The minimum absolute atomic E-state index is 0. The molecule has 1 amide bonds. The first kappa shape index (κ1) is 97.1. The SMILES string of the molecule is BrCc1ccccn1.CCOC(=O)c1cc2cccn2c(C(C)O)c1C.CCOC(=O)c1cc2cccn2c(C(C)OCc2ccccn2)c1C.Cc1c(C(=O)O)cc2cccn2c1C(C)OCc1ccccn1.Cc1cc(C)c(CNC(=O)c2cc3cccn3c(C(C)OCc3ccccn3)c2C)c(=O)[nH]1.Cc1cc(C)c(CNCl)c(=O)[nH]1.[Na+].[OH-]. The van der Waals surface area contributed by atoms with Crippen molar-refractivity contribution >= 4 is 73.6 Å². The van der Waals surface area contributed by atoms with Crippen molar-refractivity contribution < 1.29 is 88.1 Å². The van der Waals surface area contributed by atoms with Gasteiger partial charge in [0.05, 0.1) is 120 Å². The fourth-order valence-electron chi connectivity index (χ4n) is 13.9. The van der Waals surface area contributed by atoms with Crippen LogP contribution in [0, 0.1) is 55.4 Å². The molecule has 14 rings (SSSR count). The van der Waals surface area contributed by atoms with E-state index in [1.54, 1.807) is 50.8 Å². The number of aromatic amines is 2. The van der Waals surface area contributed by atoms with E-state index < -0.39 is 12.1 Å². The number of hydrogen-bond donors (Lipinski definition) is 6. The number of ether oxygens (including phenoxy) is 5. The van der Waals surface area contributed by atoms with Gasteiger partial charge in [-0.3, -0.25) is 34.3 Å². The largest absolute Gasteiger partial charge is 1.00 e. The van der Waals surface area contributed by atoms with Gasteiger partial charge in [-0.25, -0.2) is 19.2 Å². The van der Waals surface area contributed by atoms with Gasteiger partial charge in [0.25, 0.3) is 17.0 Å². The van der Waals surface area contributed by atoms with E-state index in [-0.39, 0.29) is 88.9 Å². The number of aromatic carboxylic acids is 1. The molecule has 0 aliphatic heterocycles. The molecule has 4 atom stereocenters. The quantitative estimate of drug-likeness (QED) is 0.0142. The summed E-state index contributed by atoms with van der Waals surface area (Å²) in [7, 11) is 0. The maximum Gasteiger partial charge on any atom is 1.00 e. The summed E-state index contributed by atoms with van der Waals surface area (Å²) in [5, 5.41) is 23.1. The molecule has 0 aliphatic rings. The minimum Gasteiger partial charge on any atom is -0.870 e. The molecule has 630 valence electrons. The van der Waals surface area contributed by atoms with Gasteiger partial charge in [0, 0.05) is 118 Å². The van der Waals surface area contributed by atoms with E-state index in [9.17, 15) is 39.0 Å². The number of nitrogens with one attached hydrogen (secondary N) is 4. The molecule has 0 fully saturated rings. The van der Waals surface area contributed by atoms with Gasteiger partial charge in [-0.15, -0.1) is 0 Å². The number of aromatic nitrogens is 10. The molecule has 121 heavy (non-hydrogen) atoms. The second-order valence-corrected chi connectivity index (χ2v) is 28.9. The number of halogens is 2. The number of pyridine rings is 10. The van der Waals surface area contributed by atoms with Crippen LogP contribution in [-0.2, 0) is 61.9 Å². The van der Waals surface area contributed by atoms with E-state index >= 15 is 0 Å². The van der Waals surface area contributed by atoms with Gasteiger partial charge in [0.15, 0.2) is 0 Å². The van der Waals surface area contributed by atoms with E-state index in [4.69, 9.17) is 35.5 Å². The van der Waals surface area contributed by atoms with Gasteiger partial charge in [0.1, 0.15) is 0 Å². The Labute approximate surface area is 738 Å². The smallest absolute Gasteiger partial charge is 0.870 e. The summed E-state index contributed by atoms with van der Waals surface area (Å²) in [6, 6.07) is 49.4. The maximum atomic E-state index is 13.2. The first-order valence-corrected chi connectivity index (χ1v) is 40.4. The van der Waals surface area contributed by atoms with E-state index in [1.807, 2.05) is 267 Å². The number of alkyl halides is 1. The van der Waals surface area contributed by atoms with Crippen LogP contribution in [0.4, 0.5) is 0 Å². The molecule has 0 aromatic carbocycles. The summed E-state index contributed by atoms with van der Waals surface area (Å²) in [6.07, 6.45) is 13.4. The van der Waals surface area contributed by atoms with Gasteiger partial charge < -0.3 is 72.3 Å². The van der Waals surface area contributed by atoms with Crippen LogP contribution in [0.1, 0.15) is 209 Å². The van der Waals surface area contributed by atoms with Gasteiger partial charge in [0.2, 0.25) is 0 Å². The zero-order valence-corrected chi connectivity index (χ0v) is 75.1. The normalized spacial score (nSPS) is 11.7. The Hall–Kier alpha value is -11.1. The van der Waals surface area contributed by atoms with Crippen molar-refractivity contribution in [3.8, 4) is 0 Å². The summed E-state index contributed by atoms with van der Waals surface area (Å²) in [4.78, 5) is 97.3. The Morgan fingerprint density at radius 2 is 0.785 bits per heavy atom. The van der Waals surface area contributed by atoms with E-state index in [0.29, 0.717) is 73.0 Å². The van der Waals surface area contributed by atoms with Crippen LogP contribution in [0.5, 0.6) is 0 Å². The van der Waals surface area contributed by atoms with Gasteiger partial charge in [-0.2, -0.15) is 0 Å². The van der Waals surface area contributed by atoms with E-state index in [0.717, 1.165) is 118 Å². The van der Waals surface area contributed by atoms with Crippen LogP contribution in [0.25, 0.3) is 22.1 Å². The van der Waals surface area contributed by atoms with E-state index in [1.165, 1.54) is 0 Å². The number of hydrogen-bond acceptors (Lipinski definition) is 18. The van der Waals surface area contributed by atoms with Crippen molar-refractivity contribution in [1.29, 1.82) is 0 Å². The minimum atomic E-state index is -0.927. The third kappa shape index (κ3) is 25.8. The Morgan fingerprint density at radius 1 is 0.463 bits per heavy atom. The Morgan fingerprint density at radius 3 is 1.10 bits per heavy atom. The Kier molecular flexibility index (Phi) is 37.9. The summed E-state index contributed by atoms with van der Waals surface area (Å²) >= 11 is 8.61. The second kappa shape index (κ2) is 47.2. The number of amides is 1. The molecule has 4 unspecified atom stereocenters. The molecular formula is C92H103BrClN12NaO14. The van der Waals surface area contributed by atoms with Crippen LogP contribution >= 0.6 is 27.7 Å². The number of carboxylic acid groups (broad SMARTS) is 1. The molecule has 0 saturated carbocycles. The number of aliphatic hydroxyl groups excluding tert-OH is 1. The molecule has 0 bridgehead atoms. The Bertz CT molecular complexity index is 5880. The number of esters is 2. The fourth-order valence-corrected chi connectivity index (χ4v) is 14.3. The molecule has 14 aromatic rings. The summed E-state index contributed by atoms with van der Waals surface area (Å²) < 4.78 is 36.3. The number of nitrogens with zero attached hydrogens (tertiary/aromatic N) is 8. The molecule has 0 saturated heterocycles. The predicted molar refractivity (Wildman–Crippen MR) is 466 cm³/mol. The maximum absolute atomic E-state index is 13.2. The zero-order chi connectivity index (χ0) is 86.0. The summed E-state index contributed by atoms with van der Waals surface area (Å²) in [5.41, 5.74) is 20.2. The van der Waals surface area contributed by atoms with Gasteiger partial charge in [-0.1, -0.05) is 40.2 Å². The van der Waals surface area contributed by atoms with Gasteiger partial charge >= 0.3 is 47.5 Å². The molecule has 26 nitrogen and oxygen atoms in total. The third-order valence-electron chi connectivity index (χ3n) is 19.6. The van der Waals surface area contributed by atoms with Crippen molar-refractivity contribution in [2.75, 3.05) is 13.2 Å². The van der Waals surface area contributed by atoms with Crippen LogP contribution in [-0.4, -0.2) is 100 Å². The number of fused-ring (bicyclic) bond motifs is 4. The first-order chi connectivity index (χ1) is 57.2. The molecule has 14 heterocycles. The molecule has 0 radical (unpaired) electrons. The topological polar surface area (TPSA) is 344 Å². The number of H-pyrrole nitrogens is 2. The van der Waals surface area contributed by atoms with Crippen LogP contribution in [0.2, 0.25) is 0 Å². The molecule has 7 N–H and O–H groups in total. The monoisotopic (exact) mass is 1740 g/mol. The summed E-state index contributed by atoms with van der Waals surface area (Å²) in [5.74, 6) is -1.80. The zero-order valence-electron chi connectivity index (χ0n) is 70.8. The standard InChI is InChI=1S/C26H28N4O3.C20H22N2O3.C18H18N2O3.C14H17NO3.C8H11ClN2O.C6H6BrN.Na.H2O/c1-16-12-17(2)29-26(32)23(16)14-28-25(31)22-13-21-9-7-11-30(21)24(18(22)3)19(4)33-15-20-8-5-6-10-27-20;1-4-24-20(23)18-12-17-9-7-11-22(17)19(14(18)2)15(3)25-13-16-8-5-6-10-21-16;1-12-16(18(21)22)10-15-7-5-9-20(15)17(12)13(2)23-11-14-6-3-4-8-19-14;1-4-18-14(17)12-8-11-6-5-7-15(11)13(9(12)2)10(3)16;1-5-3-6(2)11-8(12)7(5)4-10-9;7-5-6-3-1-2-4-8-6;;/h5-13,19H,14-15H2,1-4H3,(H,28,31)(H,29,32);5-12,15H,4,13H2,1-3H3;3-10,13H,11H2,1-2H3,(H,21,22);5-8,10,16H,4H2,1-3H3;3,10H,4H2,1-2H3,(H,11,12);1-4H,5H2;;1H2/q;;;;;;+1;/p-1. The Balaban J connectivity index is 0.000000208. The molecule has 0 spiro atoms. The van der Waals surface area contributed by atoms with Crippen LogP contribution < -0.4 is 50.8 Å². The predicted octanol–water partition coefficient (Wildman–Crippen LogP) is 14.4. The summed E-state index contributed by atoms with van der Waals surface area (Å²) in [6.45, 7) is 28.5. The number of aryl methyl sites for hydroxylation is 4. The van der Waals surface area contributed by atoms with Gasteiger partial charge in [-0.05, 0) is 276 Å². The molecular weight excluding hydrogens is 1640 g/mol. The van der Waals surface area contributed by atoms with Crippen molar-refractivity contribution in [3.05, 3.63) is 352 Å². The number of carboxylic acids is 1. The molecule has 0 aliphatic carbocycles. The number of rotatable bonds is 24. The van der Waals surface area contributed by atoms with Crippen molar-refractivity contribution in [2.45, 2.75) is 160 Å². The van der Waals surface area contributed by atoms with Crippen LogP contribution in [0.3, 0.4) is 0 Å². The van der Waals surface area contributed by atoms with Crippen molar-refractivity contribution in [1.82, 2.24) is 57.7 Å². The number of aliphatic hydroxyl groups is 1. The first-order valence-electron chi connectivity index (χ1n) is 38.9. The number of carbonyl (C=O) groups excluding carboxylic acids is 3. The second-order valence-electron chi connectivity index (χ2n) is 28.1.